The third kappa shape index (κ3) is 6.19. The summed E-state index contributed by atoms with van der Waals surface area (Å²) < 4.78 is 7.49. The number of nitrogens with zero attached hydrogens (tertiary/aromatic N) is 5. The number of nitrogens with one attached hydrogen (secondary N) is 1. The van der Waals surface area contributed by atoms with Crippen LogP contribution < -0.4 is 5.32 Å². The van der Waals surface area contributed by atoms with Crippen LogP contribution in [0.1, 0.15) is 24.0 Å². The zero-order chi connectivity index (χ0) is 20.8. The predicted molar refractivity (Wildman–Crippen MR) is 131 cm³/mol. The van der Waals surface area contributed by atoms with Crippen LogP contribution in [0.5, 0.6) is 0 Å². The average molecular weight is 538 g/mol. The lowest BCUT2D eigenvalue weighted by molar-refractivity contribution is -0.142. The van der Waals surface area contributed by atoms with Crippen LogP contribution >= 0.6 is 24.0 Å². The highest BCUT2D eigenvalue weighted by molar-refractivity contribution is 14.0. The lowest BCUT2D eigenvalue weighted by atomic mass is 10.2. The van der Waals surface area contributed by atoms with E-state index in [1.54, 1.807) is 7.05 Å². The highest BCUT2D eigenvalue weighted by Crippen LogP contribution is 2.16. The number of guanidine groups is 1. The second kappa shape index (κ2) is 11.5. The molecule has 168 valence electrons. The first-order valence-corrected chi connectivity index (χ1v) is 10.6. The van der Waals surface area contributed by atoms with Gasteiger partial charge < -0.3 is 19.9 Å². The van der Waals surface area contributed by atoms with Gasteiger partial charge in [0.05, 0.1) is 12.7 Å². The lowest BCUT2D eigenvalue weighted by Crippen LogP contribution is -2.55. The van der Waals surface area contributed by atoms with Crippen LogP contribution in [0.3, 0.4) is 0 Å². The Morgan fingerprint density at radius 3 is 2.58 bits per heavy atom. The van der Waals surface area contributed by atoms with Gasteiger partial charge in [0.2, 0.25) is 0 Å². The molecule has 2 saturated heterocycles. The van der Waals surface area contributed by atoms with Gasteiger partial charge in [-0.05, 0) is 18.4 Å². The molecule has 0 saturated carbocycles. The molecule has 9 heteroatoms. The molecule has 0 spiro atoms. The minimum absolute atomic E-state index is 0. The smallest absolute Gasteiger partial charge is 0.251 e. The number of rotatable bonds is 5. The van der Waals surface area contributed by atoms with E-state index in [1.807, 2.05) is 34.0 Å². The molecule has 4 rings (SSSR count). The fraction of sp³-hybridized carbons (Fsp3) is 0.500. The van der Waals surface area contributed by atoms with Crippen molar-refractivity contribution in [1.82, 2.24) is 24.9 Å². The largest absolute Gasteiger partial charge is 0.368 e. The van der Waals surface area contributed by atoms with Gasteiger partial charge in [0.25, 0.3) is 5.91 Å². The molecule has 2 aliphatic heterocycles. The Morgan fingerprint density at radius 1 is 1.16 bits per heavy atom. The van der Waals surface area contributed by atoms with Crippen molar-refractivity contribution < 1.29 is 9.53 Å². The summed E-state index contributed by atoms with van der Waals surface area (Å²) in [5.41, 5.74) is 2.34. The molecular formula is C22H31IN6O2. The normalized spacial score (nSPS) is 19.3. The molecule has 0 bridgehead atoms. The number of benzene rings is 1. The van der Waals surface area contributed by atoms with Gasteiger partial charge in [-0.3, -0.25) is 14.5 Å². The second-order valence-corrected chi connectivity index (χ2v) is 7.75. The number of carbonyl (C=O) groups is 1. The molecule has 1 atom stereocenters. The summed E-state index contributed by atoms with van der Waals surface area (Å²) in [6.45, 7) is 5.07. The van der Waals surface area contributed by atoms with E-state index in [0.717, 1.165) is 44.0 Å². The predicted octanol–water partition coefficient (Wildman–Crippen LogP) is 1.95. The van der Waals surface area contributed by atoms with Crippen molar-refractivity contribution in [3.63, 3.8) is 0 Å². The molecule has 2 aromatic rings. The summed E-state index contributed by atoms with van der Waals surface area (Å²) in [6, 6.07) is 10.3. The van der Waals surface area contributed by atoms with Gasteiger partial charge in [-0.1, -0.05) is 30.3 Å². The van der Waals surface area contributed by atoms with Crippen molar-refractivity contribution in [3.8, 4) is 0 Å². The minimum atomic E-state index is -0.235. The van der Waals surface area contributed by atoms with Crippen LogP contribution in [-0.4, -0.2) is 77.4 Å². The Bertz CT molecular complexity index is 858. The highest BCUT2D eigenvalue weighted by atomic mass is 127. The third-order valence-electron chi connectivity index (χ3n) is 5.63. The van der Waals surface area contributed by atoms with Crippen molar-refractivity contribution >= 4 is 35.8 Å². The monoisotopic (exact) mass is 538 g/mol. The van der Waals surface area contributed by atoms with Crippen LogP contribution in [0, 0.1) is 0 Å². The fourth-order valence-electron chi connectivity index (χ4n) is 3.98. The molecule has 1 aromatic carbocycles. The van der Waals surface area contributed by atoms with Crippen molar-refractivity contribution in [3.05, 3.63) is 53.9 Å². The van der Waals surface area contributed by atoms with E-state index in [2.05, 4.69) is 38.6 Å². The highest BCUT2D eigenvalue weighted by Gasteiger charge is 2.30. The molecule has 2 fully saturated rings. The molecule has 3 heterocycles. The summed E-state index contributed by atoms with van der Waals surface area (Å²) in [5, 5.41) is 7.89. The zero-order valence-electron chi connectivity index (χ0n) is 17.9. The van der Waals surface area contributed by atoms with E-state index in [-0.39, 0.29) is 36.0 Å². The van der Waals surface area contributed by atoms with E-state index in [4.69, 9.17) is 4.74 Å². The quantitative estimate of drug-likeness (QED) is 0.358. The second-order valence-electron chi connectivity index (χ2n) is 7.75. The number of aliphatic imine (C=N–C) groups is 1. The van der Waals surface area contributed by atoms with Gasteiger partial charge in [-0.15, -0.1) is 24.0 Å². The first-order valence-electron chi connectivity index (χ1n) is 10.6. The Labute approximate surface area is 200 Å². The number of aromatic nitrogens is 2. The van der Waals surface area contributed by atoms with Crippen molar-refractivity contribution in [2.24, 2.45) is 4.99 Å². The molecule has 1 N–H and O–H groups in total. The van der Waals surface area contributed by atoms with E-state index in [1.165, 1.54) is 5.56 Å². The molecule has 1 unspecified atom stereocenters. The first kappa shape index (κ1) is 23.5. The number of ether oxygens (including phenoxy) is 1. The average Bonchev–Trinajstić information content (AvgIpc) is 3.47. The molecular weight excluding hydrogens is 507 g/mol. The van der Waals surface area contributed by atoms with E-state index in [0.29, 0.717) is 26.2 Å². The number of amides is 1. The summed E-state index contributed by atoms with van der Waals surface area (Å²) in [5.74, 6) is 0.996. The Hall–Kier alpha value is -2.14. The Balaban J connectivity index is 0.00000272. The molecule has 0 radical (unpaired) electrons. The summed E-state index contributed by atoms with van der Waals surface area (Å²) in [4.78, 5) is 21.1. The molecule has 0 aliphatic carbocycles. The SMILES string of the molecule is CN=C(NCc1cnn(Cc2ccccc2)c1)N1CCN(C(=O)C2CCCO2)CC1.I. The molecule has 1 amide bonds. The summed E-state index contributed by atoms with van der Waals surface area (Å²) in [7, 11) is 1.80. The summed E-state index contributed by atoms with van der Waals surface area (Å²) in [6.07, 6.45) is 5.54. The van der Waals surface area contributed by atoms with E-state index >= 15 is 0 Å². The maximum atomic E-state index is 12.5. The van der Waals surface area contributed by atoms with Crippen molar-refractivity contribution in [2.75, 3.05) is 39.8 Å². The molecule has 2 aliphatic rings. The Kier molecular flexibility index (Phi) is 8.70. The molecule has 1 aromatic heterocycles. The Morgan fingerprint density at radius 2 is 1.90 bits per heavy atom. The van der Waals surface area contributed by atoms with Crippen LogP contribution in [0.4, 0.5) is 0 Å². The third-order valence-corrected chi connectivity index (χ3v) is 5.63. The maximum absolute atomic E-state index is 12.5. The number of halogens is 1. The van der Waals surface area contributed by atoms with Gasteiger partial charge in [0, 0.05) is 58.1 Å². The number of hydrogen-bond donors (Lipinski definition) is 1. The number of hydrogen-bond acceptors (Lipinski definition) is 4. The summed E-state index contributed by atoms with van der Waals surface area (Å²) >= 11 is 0. The molecule has 31 heavy (non-hydrogen) atoms. The topological polar surface area (TPSA) is 75.0 Å². The van der Waals surface area contributed by atoms with E-state index in [9.17, 15) is 4.79 Å². The maximum Gasteiger partial charge on any atom is 0.251 e. The number of carbonyl (C=O) groups excluding carboxylic acids is 1. The van der Waals surface area contributed by atoms with Gasteiger partial charge in [-0.2, -0.15) is 5.10 Å². The van der Waals surface area contributed by atoms with Gasteiger partial charge in [0.15, 0.2) is 5.96 Å². The lowest BCUT2D eigenvalue weighted by Gasteiger charge is -2.37. The van der Waals surface area contributed by atoms with Crippen LogP contribution in [-0.2, 0) is 22.6 Å². The van der Waals surface area contributed by atoms with Crippen LogP contribution in [0.25, 0.3) is 0 Å². The standard InChI is InChI=1S/C22H30N6O2.HI/c1-23-22(27-11-9-26(10-12-27)21(29)20-8-5-13-30-20)24-14-19-15-25-28(17-19)16-18-6-3-2-4-7-18;/h2-4,6-7,15,17,20H,5,8-14,16H2,1H3,(H,23,24);1H. The minimum Gasteiger partial charge on any atom is -0.368 e. The van der Waals surface area contributed by atoms with Crippen LogP contribution in [0.15, 0.2) is 47.7 Å². The van der Waals surface area contributed by atoms with E-state index < -0.39 is 0 Å². The van der Waals surface area contributed by atoms with Crippen LogP contribution in [0.2, 0.25) is 0 Å². The van der Waals surface area contributed by atoms with Crippen molar-refractivity contribution in [2.45, 2.75) is 32.0 Å². The van der Waals surface area contributed by atoms with Gasteiger partial charge in [-0.25, -0.2) is 0 Å². The van der Waals surface area contributed by atoms with Crippen molar-refractivity contribution in [1.29, 1.82) is 0 Å². The molecule has 8 nitrogen and oxygen atoms in total. The zero-order valence-corrected chi connectivity index (χ0v) is 20.3. The first-order chi connectivity index (χ1) is 14.7. The fourth-order valence-corrected chi connectivity index (χ4v) is 3.98. The van der Waals surface area contributed by atoms with Gasteiger partial charge in [0.1, 0.15) is 6.10 Å². The number of piperazine rings is 1. The van der Waals surface area contributed by atoms with Gasteiger partial charge >= 0.3 is 0 Å².